The molecular weight excluding hydrogens is 482 g/mol. The van der Waals surface area contributed by atoms with Gasteiger partial charge in [0.2, 0.25) is 0 Å². The number of hydrogen-bond acceptors (Lipinski definition) is 4. The van der Waals surface area contributed by atoms with Gasteiger partial charge in [-0.25, -0.2) is 4.79 Å². The average molecular weight is 509 g/mol. The van der Waals surface area contributed by atoms with E-state index < -0.39 is 5.97 Å². The molecule has 166 valence electrons. The summed E-state index contributed by atoms with van der Waals surface area (Å²) in [5, 5.41) is 34.3. The maximum Gasteiger partial charge on any atom is 0.339 e. The summed E-state index contributed by atoms with van der Waals surface area (Å²) in [5.41, 5.74) is 1.89. The van der Waals surface area contributed by atoms with E-state index in [1.807, 2.05) is 6.07 Å². The number of carbonyl (C=O) groups is 1. The maximum atomic E-state index is 11.9. The molecule has 0 heterocycles. The van der Waals surface area contributed by atoms with Gasteiger partial charge >= 0.3 is 5.97 Å². The van der Waals surface area contributed by atoms with Crippen LogP contribution in [0.15, 0.2) is 28.7 Å². The number of nitrogens with one attached hydrogen (secondary N) is 1. The lowest BCUT2D eigenvalue weighted by molar-refractivity contribution is 0.0693. The molecular formula is C24H27BrClNO4. The van der Waals surface area contributed by atoms with Crippen molar-refractivity contribution in [3.63, 3.8) is 0 Å². The predicted octanol–water partition coefficient (Wildman–Crippen LogP) is 6.75. The van der Waals surface area contributed by atoms with Gasteiger partial charge in [-0.3, -0.25) is 0 Å². The second-order valence-corrected chi connectivity index (χ2v) is 11.0. The highest BCUT2D eigenvalue weighted by molar-refractivity contribution is 9.10. The first kappa shape index (κ1) is 22.3. The molecule has 2 aliphatic rings. The van der Waals surface area contributed by atoms with E-state index in [0.29, 0.717) is 22.7 Å². The van der Waals surface area contributed by atoms with Crippen LogP contribution in [0.4, 0.5) is 5.69 Å². The number of carboxylic acid groups (broad SMARTS) is 1. The van der Waals surface area contributed by atoms with E-state index >= 15 is 0 Å². The molecule has 4 N–H and O–H groups in total. The van der Waals surface area contributed by atoms with Gasteiger partial charge in [0.15, 0.2) is 0 Å². The maximum absolute atomic E-state index is 11.9. The van der Waals surface area contributed by atoms with Crippen LogP contribution < -0.4 is 5.32 Å². The second kappa shape index (κ2) is 7.59. The van der Waals surface area contributed by atoms with E-state index in [9.17, 15) is 20.1 Å². The van der Waals surface area contributed by atoms with Gasteiger partial charge in [-0.1, -0.05) is 48.3 Å². The molecule has 0 aliphatic heterocycles. The first-order chi connectivity index (χ1) is 14.5. The van der Waals surface area contributed by atoms with Crippen LogP contribution in [0.2, 0.25) is 5.02 Å². The average Bonchev–Trinajstić information content (AvgIpc) is 3.03. The number of benzene rings is 2. The Labute approximate surface area is 195 Å². The Kier molecular flexibility index (Phi) is 5.46. The molecule has 2 fully saturated rings. The zero-order valence-electron chi connectivity index (χ0n) is 17.8. The highest BCUT2D eigenvalue weighted by Gasteiger charge is 2.61. The van der Waals surface area contributed by atoms with Crippen molar-refractivity contribution >= 4 is 39.2 Å². The SMILES string of the molecule is CC1(C)C2CCC1(C)C(c1cc(NCc3cc(Br)cc(Cl)c3O)cc(C(=O)O)c1O)C2. The van der Waals surface area contributed by atoms with E-state index in [-0.39, 0.29) is 45.4 Å². The van der Waals surface area contributed by atoms with Crippen molar-refractivity contribution in [2.45, 2.75) is 52.5 Å². The quantitative estimate of drug-likeness (QED) is 0.335. The zero-order valence-corrected chi connectivity index (χ0v) is 20.1. The van der Waals surface area contributed by atoms with E-state index in [1.54, 1.807) is 12.1 Å². The van der Waals surface area contributed by atoms with Crippen LogP contribution in [0.5, 0.6) is 11.5 Å². The fourth-order valence-electron chi connectivity index (χ4n) is 5.81. The number of hydrogen-bond donors (Lipinski definition) is 4. The molecule has 31 heavy (non-hydrogen) atoms. The standard InChI is InChI=1S/C24H27BrClNO4/c1-23(2)13-4-5-24(23,3)18(7-13)16-9-15(10-17(21(16)29)22(30)31)27-11-12-6-14(25)8-19(26)20(12)28/h6,8-10,13,18,27-29H,4-5,7,11H2,1-3H3,(H,30,31). The normalized spacial score (nSPS) is 26.2. The lowest BCUT2D eigenvalue weighted by atomic mass is 9.65. The number of halogens is 2. The van der Waals surface area contributed by atoms with Gasteiger partial charge in [0.1, 0.15) is 17.1 Å². The first-order valence-corrected chi connectivity index (χ1v) is 11.6. The topological polar surface area (TPSA) is 89.8 Å². The van der Waals surface area contributed by atoms with E-state index in [4.69, 9.17) is 11.6 Å². The van der Waals surface area contributed by atoms with Crippen molar-refractivity contribution in [2.24, 2.45) is 16.7 Å². The molecule has 2 bridgehead atoms. The zero-order chi connectivity index (χ0) is 22.7. The molecule has 0 amide bonds. The number of rotatable bonds is 5. The van der Waals surface area contributed by atoms with Gasteiger partial charge in [0.25, 0.3) is 0 Å². The monoisotopic (exact) mass is 507 g/mol. The number of carboxylic acids is 1. The van der Waals surface area contributed by atoms with Crippen molar-refractivity contribution < 1.29 is 20.1 Å². The Balaban J connectivity index is 1.71. The number of fused-ring (bicyclic) bond motifs is 2. The van der Waals surface area contributed by atoms with Crippen molar-refractivity contribution in [1.29, 1.82) is 0 Å². The number of phenols is 2. The summed E-state index contributed by atoms with van der Waals surface area (Å²) in [6, 6.07) is 6.68. The van der Waals surface area contributed by atoms with Crippen LogP contribution >= 0.6 is 27.5 Å². The molecule has 0 aromatic heterocycles. The van der Waals surface area contributed by atoms with Crippen LogP contribution in [0, 0.1) is 16.7 Å². The van der Waals surface area contributed by atoms with Crippen molar-refractivity contribution in [3.05, 3.63) is 50.5 Å². The number of aromatic hydroxyl groups is 2. The summed E-state index contributed by atoms with van der Waals surface area (Å²) < 4.78 is 0.738. The molecule has 7 heteroatoms. The first-order valence-electron chi connectivity index (χ1n) is 10.5. The van der Waals surface area contributed by atoms with Gasteiger partial charge in [-0.15, -0.1) is 0 Å². The third-order valence-electron chi connectivity index (χ3n) is 8.13. The Morgan fingerprint density at radius 2 is 1.90 bits per heavy atom. The molecule has 0 spiro atoms. The van der Waals surface area contributed by atoms with Gasteiger partial charge in [0.05, 0.1) is 5.02 Å². The summed E-state index contributed by atoms with van der Waals surface area (Å²) in [7, 11) is 0. The van der Waals surface area contributed by atoms with Crippen LogP contribution in [0.1, 0.15) is 67.4 Å². The van der Waals surface area contributed by atoms with Crippen LogP contribution in [0.25, 0.3) is 0 Å². The van der Waals surface area contributed by atoms with E-state index in [2.05, 4.69) is 42.0 Å². The van der Waals surface area contributed by atoms with Crippen molar-refractivity contribution in [2.75, 3.05) is 5.32 Å². The molecule has 4 rings (SSSR count). The molecule has 3 unspecified atom stereocenters. The summed E-state index contributed by atoms with van der Waals surface area (Å²) in [4.78, 5) is 11.9. The highest BCUT2D eigenvalue weighted by atomic mass is 79.9. The third kappa shape index (κ3) is 3.48. The summed E-state index contributed by atoms with van der Waals surface area (Å²) in [5.74, 6) is -0.663. The fourth-order valence-corrected chi connectivity index (χ4v) is 6.69. The summed E-state index contributed by atoms with van der Waals surface area (Å²) in [6.45, 7) is 7.11. The predicted molar refractivity (Wildman–Crippen MR) is 125 cm³/mol. The van der Waals surface area contributed by atoms with Gasteiger partial charge in [-0.2, -0.15) is 0 Å². The lowest BCUT2D eigenvalue weighted by Crippen LogP contribution is -2.31. The number of aromatic carboxylic acids is 1. The minimum atomic E-state index is -1.16. The summed E-state index contributed by atoms with van der Waals surface area (Å²) in [6.07, 6.45) is 3.19. The second-order valence-electron chi connectivity index (χ2n) is 9.68. The Bertz CT molecular complexity index is 1070. The Hall–Kier alpha value is -1.92. The van der Waals surface area contributed by atoms with Gasteiger partial charge in [0, 0.05) is 27.8 Å². The Morgan fingerprint density at radius 1 is 1.19 bits per heavy atom. The highest BCUT2D eigenvalue weighted by Crippen LogP contribution is 2.71. The molecule has 3 atom stereocenters. The largest absolute Gasteiger partial charge is 0.507 e. The smallest absolute Gasteiger partial charge is 0.339 e. The number of phenolic OH excluding ortho intramolecular Hbond substituents is 1. The van der Waals surface area contributed by atoms with Crippen LogP contribution in [-0.4, -0.2) is 21.3 Å². The van der Waals surface area contributed by atoms with Crippen LogP contribution in [-0.2, 0) is 6.54 Å². The fraction of sp³-hybridized carbons (Fsp3) is 0.458. The molecule has 0 radical (unpaired) electrons. The van der Waals surface area contributed by atoms with Crippen molar-refractivity contribution in [1.82, 2.24) is 0 Å². The molecule has 0 saturated heterocycles. The molecule has 5 nitrogen and oxygen atoms in total. The van der Waals surface area contributed by atoms with E-state index in [1.165, 1.54) is 12.5 Å². The minimum Gasteiger partial charge on any atom is -0.507 e. The lowest BCUT2D eigenvalue weighted by Gasteiger charge is -2.40. The van der Waals surface area contributed by atoms with Gasteiger partial charge in [-0.05, 0) is 66.2 Å². The number of anilines is 1. The summed E-state index contributed by atoms with van der Waals surface area (Å²) >= 11 is 9.43. The van der Waals surface area contributed by atoms with Crippen LogP contribution in [0.3, 0.4) is 0 Å². The molecule has 2 aliphatic carbocycles. The Morgan fingerprint density at radius 3 is 2.48 bits per heavy atom. The third-order valence-corrected chi connectivity index (χ3v) is 8.88. The molecule has 2 aromatic rings. The molecule has 2 saturated carbocycles. The molecule has 2 aromatic carbocycles. The van der Waals surface area contributed by atoms with Gasteiger partial charge < -0.3 is 20.6 Å². The minimum absolute atomic E-state index is 0.000366. The van der Waals surface area contributed by atoms with E-state index in [0.717, 1.165) is 17.3 Å². The van der Waals surface area contributed by atoms with Crippen molar-refractivity contribution in [3.8, 4) is 11.5 Å².